The van der Waals surface area contributed by atoms with Gasteiger partial charge in [0.05, 0.1) is 5.41 Å². The minimum Gasteiger partial charge on any atom is -0.508 e. The maximum atomic E-state index is 9.84. The minimum atomic E-state index is -0.373. The highest BCUT2D eigenvalue weighted by atomic mass is 16.3. The average molecular weight is 334 g/mol. The Labute approximate surface area is 153 Å². The monoisotopic (exact) mass is 334 g/mol. The number of hydrogen-bond donors (Lipinski definition) is 1. The Kier molecular flexibility index (Phi) is 3.23. The third kappa shape index (κ3) is 1.91. The molecule has 124 valence electrons. The molecule has 0 bridgehead atoms. The lowest BCUT2D eigenvalue weighted by Crippen LogP contribution is -2.28. The van der Waals surface area contributed by atoms with E-state index in [0.717, 1.165) is 0 Å². The molecule has 0 amide bonds. The van der Waals surface area contributed by atoms with Gasteiger partial charge in [0.1, 0.15) is 5.75 Å². The van der Waals surface area contributed by atoms with Crippen LogP contribution in [0.3, 0.4) is 0 Å². The minimum absolute atomic E-state index is 0.288. The zero-order valence-electron chi connectivity index (χ0n) is 14.3. The molecule has 1 aliphatic rings. The summed E-state index contributed by atoms with van der Waals surface area (Å²) < 4.78 is 0. The molecule has 0 aromatic heterocycles. The Morgan fingerprint density at radius 1 is 0.462 bits per heavy atom. The van der Waals surface area contributed by atoms with Crippen molar-refractivity contribution >= 4 is 0 Å². The molecule has 0 saturated carbocycles. The van der Waals surface area contributed by atoms with Crippen molar-refractivity contribution in [2.24, 2.45) is 0 Å². The largest absolute Gasteiger partial charge is 0.508 e. The zero-order valence-corrected chi connectivity index (χ0v) is 14.3. The number of aromatic hydroxyl groups is 1. The molecule has 4 aromatic carbocycles. The van der Waals surface area contributed by atoms with Gasteiger partial charge in [-0.15, -0.1) is 0 Å². The molecule has 1 aliphatic carbocycles. The van der Waals surface area contributed by atoms with Crippen molar-refractivity contribution in [1.29, 1.82) is 0 Å². The van der Waals surface area contributed by atoms with E-state index in [1.54, 1.807) is 12.1 Å². The Bertz CT molecular complexity index is 1030. The average Bonchev–Trinajstić information content (AvgIpc) is 3.01. The normalized spacial score (nSPS) is 13.8. The molecule has 1 heteroatoms. The summed E-state index contributed by atoms with van der Waals surface area (Å²) in [6.45, 7) is 0. The Hall–Kier alpha value is -3.32. The van der Waals surface area contributed by atoms with Crippen LogP contribution in [0.1, 0.15) is 22.3 Å². The highest BCUT2D eigenvalue weighted by molar-refractivity contribution is 5.86. The second kappa shape index (κ2) is 5.60. The lowest BCUT2D eigenvalue weighted by molar-refractivity contribution is 0.475. The summed E-state index contributed by atoms with van der Waals surface area (Å²) in [5, 5.41) is 9.84. The standard InChI is InChI=1S/C25H18O/c26-20-16-14-19(15-17-20)25(18-8-2-1-3-9-18)23-12-6-4-10-21(23)22-11-5-7-13-24(22)25/h1-17,26H. The molecule has 1 nitrogen and oxygen atoms in total. The number of fused-ring (bicyclic) bond motifs is 3. The fourth-order valence-corrected chi connectivity index (χ4v) is 4.42. The predicted molar refractivity (Wildman–Crippen MR) is 105 cm³/mol. The first-order valence-electron chi connectivity index (χ1n) is 8.86. The van der Waals surface area contributed by atoms with Gasteiger partial charge in [-0.3, -0.25) is 0 Å². The van der Waals surface area contributed by atoms with E-state index in [9.17, 15) is 5.11 Å². The van der Waals surface area contributed by atoms with Crippen molar-refractivity contribution in [3.05, 3.63) is 125 Å². The van der Waals surface area contributed by atoms with Crippen LogP contribution < -0.4 is 0 Å². The molecule has 0 heterocycles. The molecule has 26 heavy (non-hydrogen) atoms. The molecular formula is C25H18O. The number of phenols is 1. The first kappa shape index (κ1) is 15.0. The smallest absolute Gasteiger partial charge is 0.115 e. The van der Waals surface area contributed by atoms with Crippen molar-refractivity contribution in [3.63, 3.8) is 0 Å². The summed E-state index contributed by atoms with van der Waals surface area (Å²) in [7, 11) is 0. The molecule has 0 aliphatic heterocycles. The quantitative estimate of drug-likeness (QED) is 0.435. The maximum Gasteiger partial charge on any atom is 0.115 e. The highest BCUT2D eigenvalue weighted by Gasteiger charge is 2.45. The van der Waals surface area contributed by atoms with Gasteiger partial charge in [-0.25, -0.2) is 0 Å². The molecule has 0 spiro atoms. The molecule has 4 aromatic rings. The SMILES string of the molecule is Oc1ccc(C2(c3ccccc3)c3ccccc3-c3ccccc32)cc1. The first-order chi connectivity index (χ1) is 12.8. The van der Waals surface area contributed by atoms with Gasteiger partial charge in [0, 0.05) is 0 Å². The van der Waals surface area contributed by atoms with E-state index in [4.69, 9.17) is 0 Å². The molecular weight excluding hydrogens is 316 g/mol. The zero-order chi connectivity index (χ0) is 17.6. The Morgan fingerprint density at radius 2 is 0.923 bits per heavy atom. The van der Waals surface area contributed by atoms with Crippen LogP contribution in [-0.2, 0) is 5.41 Å². The highest BCUT2D eigenvalue weighted by Crippen LogP contribution is 2.55. The number of rotatable bonds is 2. The summed E-state index contributed by atoms with van der Waals surface area (Å²) >= 11 is 0. The van der Waals surface area contributed by atoms with Crippen LogP contribution in [0.25, 0.3) is 11.1 Å². The van der Waals surface area contributed by atoms with Crippen LogP contribution in [0.2, 0.25) is 0 Å². The predicted octanol–water partition coefficient (Wildman–Crippen LogP) is 5.76. The second-order valence-corrected chi connectivity index (χ2v) is 6.75. The van der Waals surface area contributed by atoms with E-state index in [-0.39, 0.29) is 11.2 Å². The summed E-state index contributed by atoms with van der Waals surface area (Å²) in [6.07, 6.45) is 0. The van der Waals surface area contributed by atoms with Crippen LogP contribution in [0, 0.1) is 0 Å². The van der Waals surface area contributed by atoms with Crippen LogP contribution in [0.15, 0.2) is 103 Å². The summed E-state index contributed by atoms with van der Waals surface area (Å²) in [5.74, 6) is 0.288. The van der Waals surface area contributed by atoms with Crippen LogP contribution >= 0.6 is 0 Å². The second-order valence-electron chi connectivity index (χ2n) is 6.75. The van der Waals surface area contributed by atoms with E-state index in [0.29, 0.717) is 0 Å². The lowest BCUT2D eigenvalue weighted by Gasteiger charge is -2.33. The molecule has 5 rings (SSSR count). The Morgan fingerprint density at radius 3 is 1.50 bits per heavy atom. The van der Waals surface area contributed by atoms with E-state index < -0.39 is 0 Å². The van der Waals surface area contributed by atoms with Gasteiger partial charge >= 0.3 is 0 Å². The van der Waals surface area contributed by atoms with Gasteiger partial charge in [-0.2, -0.15) is 0 Å². The third-order valence-corrected chi connectivity index (χ3v) is 5.46. The number of phenolic OH excluding ortho intramolecular Hbond substituents is 1. The maximum absolute atomic E-state index is 9.84. The van der Waals surface area contributed by atoms with Crippen molar-refractivity contribution in [3.8, 4) is 16.9 Å². The van der Waals surface area contributed by atoms with Gasteiger partial charge in [0.15, 0.2) is 0 Å². The topological polar surface area (TPSA) is 20.2 Å². The Balaban J connectivity index is 1.96. The van der Waals surface area contributed by atoms with Gasteiger partial charge in [0.2, 0.25) is 0 Å². The summed E-state index contributed by atoms with van der Waals surface area (Å²) in [5.41, 5.74) is 7.17. The summed E-state index contributed by atoms with van der Waals surface area (Å²) in [4.78, 5) is 0. The molecule has 0 radical (unpaired) electrons. The van der Waals surface area contributed by atoms with Gasteiger partial charge in [0.25, 0.3) is 0 Å². The van der Waals surface area contributed by atoms with Crippen molar-refractivity contribution in [1.82, 2.24) is 0 Å². The molecule has 0 unspecified atom stereocenters. The number of benzene rings is 4. The molecule has 0 fully saturated rings. The van der Waals surface area contributed by atoms with Crippen LogP contribution in [0.5, 0.6) is 5.75 Å². The lowest BCUT2D eigenvalue weighted by atomic mass is 9.68. The van der Waals surface area contributed by atoms with E-state index in [1.807, 2.05) is 12.1 Å². The molecule has 0 atom stereocenters. The summed E-state index contributed by atoms with van der Waals surface area (Å²) in [6, 6.07) is 35.6. The van der Waals surface area contributed by atoms with Crippen molar-refractivity contribution in [2.45, 2.75) is 5.41 Å². The van der Waals surface area contributed by atoms with Crippen molar-refractivity contribution in [2.75, 3.05) is 0 Å². The van der Waals surface area contributed by atoms with Gasteiger partial charge in [-0.05, 0) is 45.5 Å². The van der Waals surface area contributed by atoms with Gasteiger partial charge < -0.3 is 5.11 Å². The molecule has 1 N–H and O–H groups in total. The van der Waals surface area contributed by atoms with E-state index in [2.05, 4.69) is 78.9 Å². The van der Waals surface area contributed by atoms with Crippen molar-refractivity contribution < 1.29 is 5.11 Å². The van der Waals surface area contributed by atoms with Gasteiger partial charge in [-0.1, -0.05) is 91.0 Å². The van der Waals surface area contributed by atoms with Crippen LogP contribution in [0.4, 0.5) is 0 Å². The van der Waals surface area contributed by atoms with E-state index >= 15 is 0 Å². The van der Waals surface area contributed by atoms with Crippen LogP contribution in [-0.4, -0.2) is 5.11 Å². The fraction of sp³-hybridized carbons (Fsp3) is 0.0400. The number of hydrogen-bond acceptors (Lipinski definition) is 1. The first-order valence-corrected chi connectivity index (χ1v) is 8.86. The fourth-order valence-electron chi connectivity index (χ4n) is 4.42. The third-order valence-electron chi connectivity index (χ3n) is 5.46. The molecule has 0 saturated heterocycles. The van der Waals surface area contributed by atoms with E-state index in [1.165, 1.54) is 33.4 Å².